The van der Waals surface area contributed by atoms with Crippen LogP contribution in [0.2, 0.25) is 8.67 Å². The largest absolute Gasteiger partial charge is 0.464 e. The highest BCUT2D eigenvalue weighted by atomic mass is 35.5. The number of hydrogen-bond acceptors (Lipinski definition) is 5. The van der Waals surface area contributed by atoms with Crippen molar-refractivity contribution in [3.05, 3.63) is 20.3 Å². The van der Waals surface area contributed by atoms with E-state index in [1.165, 1.54) is 11.3 Å². The van der Waals surface area contributed by atoms with E-state index >= 15 is 0 Å². The van der Waals surface area contributed by atoms with Gasteiger partial charge in [0.1, 0.15) is 6.61 Å². The fourth-order valence-electron chi connectivity index (χ4n) is 1.17. The minimum atomic E-state index is -0.408. The van der Waals surface area contributed by atoms with Crippen LogP contribution in [0.1, 0.15) is 18.5 Å². The van der Waals surface area contributed by atoms with E-state index in [1.54, 1.807) is 13.0 Å². The van der Waals surface area contributed by atoms with Crippen molar-refractivity contribution in [2.24, 2.45) is 5.73 Å². The number of rotatable bonds is 6. The molecule has 0 aliphatic carbocycles. The zero-order chi connectivity index (χ0) is 12.8. The van der Waals surface area contributed by atoms with Crippen molar-refractivity contribution in [2.45, 2.75) is 13.0 Å². The van der Waals surface area contributed by atoms with Crippen molar-refractivity contribution >= 4 is 40.5 Å². The zero-order valence-electron chi connectivity index (χ0n) is 9.24. The zero-order valence-corrected chi connectivity index (χ0v) is 11.6. The van der Waals surface area contributed by atoms with Gasteiger partial charge >= 0.3 is 5.97 Å². The molecule has 0 fully saturated rings. The highest BCUT2D eigenvalue weighted by molar-refractivity contribution is 7.20. The van der Waals surface area contributed by atoms with Crippen molar-refractivity contribution in [1.82, 2.24) is 0 Å². The highest BCUT2D eigenvalue weighted by Crippen LogP contribution is 2.34. The lowest BCUT2D eigenvalue weighted by Crippen LogP contribution is -2.20. The van der Waals surface area contributed by atoms with E-state index in [4.69, 9.17) is 38.4 Å². The number of nitrogens with two attached hydrogens (primary N) is 1. The van der Waals surface area contributed by atoms with Crippen LogP contribution >= 0.6 is 34.5 Å². The van der Waals surface area contributed by atoms with Crippen molar-refractivity contribution in [3.63, 3.8) is 0 Å². The first-order chi connectivity index (χ1) is 8.04. The summed E-state index contributed by atoms with van der Waals surface area (Å²) in [5.74, 6) is -0.408. The van der Waals surface area contributed by atoms with E-state index in [0.717, 1.165) is 5.56 Å². The maximum atomic E-state index is 11.0. The molecule has 0 radical (unpaired) electrons. The molecule has 1 aromatic rings. The van der Waals surface area contributed by atoms with Crippen molar-refractivity contribution in [3.8, 4) is 0 Å². The number of carbonyl (C=O) groups excluding carboxylic acids is 1. The standard InChI is InChI=1S/C10H13Cl2NO3S/c1-2-16-9(14)5-15-4-7(13)6-3-8(11)17-10(6)12/h3,7H,2,4-5,13H2,1H3. The fourth-order valence-corrected chi connectivity index (χ4v) is 2.76. The third kappa shape index (κ3) is 4.81. The molecule has 1 rings (SSSR count). The maximum Gasteiger partial charge on any atom is 0.332 e. The summed E-state index contributed by atoms with van der Waals surface area (Å²) in [4.78, 5) is 11.0. The minimum Gasteiger partial charge on any atom is -0.464 e. The lowest BCUT2D eigenvalue weighted by molar-refractivity contribution is -0.148. The molecule has 17 heavy (non-hydrogen) atoms. The predicted octanol–water partition coefficient (Wildman–Crippen LogP) is 2.63. The van der Waals surface area contributed by atoms with Gasteiger partial charge in [-0.2, -0.15) is 0 Å². The van der Waals surface area contributed by atoms with Gasteiger partial charge in [-0.05, 0) is 13.0 Å². The van der Waals surface area contributed by atoms with Crippen molar-refractivity contribution in [1.29, 1.82) is 0 Å². The molecule has 1 aromatic heterocycles. The van der Waals surface area contributed by atoms with Gasteiger partial charge in [-0.3, -0.25) is 0 Å². The van der Waals surface area contributed by atoms with Gasteiger partial charge in [0.25, 0.3) is 0 Å². The summed E-state index contributed by atoms with van der Waals surface area (Å²) in [5, 5.41) is 0. The van der Waals surface area contributed by atoms with Crippen LogP contribution < -0.4 is 5.73 Å². The first kappa shape index (κ1) is 14.7. The minimum absolute atomic E-state index is 0.114. The van der Waals surface area contributed by atoms with Gasteiger partial charge in [0.15, 0.2) is 0 Å². The normalized spacial score (nSPS) is 12.5. The van der Waals surface area contributed by atoms with Gasteiger partial charge in [0.2, 0.25) is 0 Å². The van der Waals surface area contributed by atoms with Crippen LogP contribution in [0.3, 0.4) is 0 Å². The lowest BCUT2D eigenvalue weighted by Gasteiger charge is -2.10. The maximum absolute atomic E-state index is 11.0. The summed E-state index contributed by atoms with van der Waals surface area (Å²) in [6.45, 7) is 2.14. The van der Waals surface area contributed by atoms with E-state index < -0.39 is 12.0 Å². The molecule has 1 atom stereocenters. The topological polar surface area (TPSA) is 61.5 Å². The number of thiophene rings is 1. The van der Waals surface area contributed by atoms with Gasteiger partial charge in [0, 0.05) is 5.56 Å². The molecule has 0 amide bonds. The van der Waals surface area contributed by atoms with Gasteiger partial charge in [-0.25, -0.2) is 4.79 Å². The second-order valence-electron chi connectivity index (χ2n) is 3.21. The Morgan fingerprint density at radius 1 is 1.59 bits per heavy atom. The Morgan fingerprint density at radius 3 is 2.82 bits per heavy atom. The van der Waals surface area contributed by atoms with Crippen LogP contribution in [0.5, 0.6) is 0 Å². The van der Waals surface area contributed by atoms with Crippen LogP contribution in [-0.2, 0) is 14.3 Å². The summed E-state index contributed by atoms with van der Waals surface area (Å²) in [7, 11) is 0. The highest BCUT2D eigenvalue weighted by Gasteiger charge is 2.14. The van der Waals surface area contributed by atoms with E-state index in [2.05, 4.69) is 0 Å². The molecule has 0 bridgehead atoms. The number of esters is 1. The summed E-state index contributed by atoms with van der Waals surface area (Å²) in [5.41, 5.74) is 6.58. The molecule has 2 N–H and O–H groups in total. The van der Waals surface area contributed by atoms with Crippen molar-refractivity contribution in [2.75, 3.05) is 19.8 Å². The van der Waals surface area contributed by atoms with Gasteiger partial charge in [-0.15, -0.1) is 11.3 Å². The SMILES string of the molecule is CCOC(=O)COCC(N)c1cc(Cl)sc1Cl. The van der Waals surface area contributed by atoms with Crippen LogP contribution in [0.15, 0.2) is 6.07 Å². The lowest BCUT2D eigenvalue weighted by atomic mass is 10.2. The molecule has 1 unspecified atom stereocenters. The number of ether oxygens (including phenoxy) is 2. The molecule has 0 aromatic carbocycles. The molecule has 4 nitrogen and oxygen atoms in total. The second-order valence-corrected chi connectivity index (χ2v) is 5.49. The Hall–Kier alpha value is -0.330. The molecule has 0 saturated carbocycles. The van der Waals surface area contributed by atoms with E-state index in [1.807, 2.05) is 0 Å². The van der Waals surface area contributed by atoms with Gasteiger partial charge < -0.3 is 15.2 Å². The van der Waals surface area contributed by atoms with Gasteiger partial charge in [-0.1, -0.05) is 23.2 Å². The molecule has 0 aliphatic heterocycles. The third-order valence-corrected chi connectivity index (χ3v) is 3.42. The number of carbonyl (C=O) groups is 1. The Kier molecular flexibility index (Phi) is 6.22. The van der Waals surface area contributed by atoms with Crippen LogP contribution in [0, 0.1) is 0 Å². The molecule has 96 valence electrons. The molecule has 0 saturated heterocycles. The fraction of sp³-hybridized carbons (Fsp3) is 0.500. The Labute approximate surface area is 114 Å². The Bertz CT molecular complexity index is 384. The Morgan fingerprint density at radius 2 is 2.29 bits per heavy atom. The average molecular weight is 298 g/mol. The van der Waals surface area contributed by atoms with E-state index in [9.17, 15) is 4.79 Å². The molecule has 7 heteroatoms. The average Bonchev–Trinajstić information content (AvgIpc) is 2.58. The summed E-state index contributed by atoms with van der Waals surface area (Å²) in [6, 6.07) is 1.30. The third-order valence-electron chi connectivity index (χ3n) is 1.91. The van der Waals surface area contributed by atoms with Crippen LogP contribution in [0.25, 0.3) is 0 Å². The molecular formula is C10H13Cl2NO3S. The van der Waals surface area contributed by atoms with Crippen LogP contribution in [0.4, 0.5) is 0 Å². The Balaban J connectivity index is 2.37. The molecule has 1 heterocycles. The van der Waals surface area contributed by atoms with E-state index in [-0.39, 0.29) is 13.2 Å². The first-order valence-electron chi connectivity index (χ1n) is 4.98. The summed E-state index contributed by atoms with van der Waals surface area (Å²) >= 11 is 13.0. The quantitative estimate of drug-likeness (QED) is 0.820. The van der Waals surface area contributed by atoms with Crippen LogP contribution in [-0.4, -0.2) is 25.8 Å². The summed E-state index contributed by atoms with van der Waals surface area (Å²) in [6.07, 6.45) is 0. The van der Waals surface area contributed by atoms with E-state index in [0.29, 0.717) is 15.3 Å². The predicted molar refractivity (Wildman–Crippen MR) is 68.7 cm³/mol. The molecular weight excluding hydrogens is 285 g/mol. The van der Waals surface area contributed by atoms with Gasteiger partial charge in [0.05, 0.1) is 27.9 Å². The first-order valence-corrected chi connectivity index (χ1v) is 6.55. The second kappa shape index (κ2) is 7.18. The number of hydrogen-bond donors (Lipinski definition) is 1. The smallest absolute Gasteiger partial charge is 0.332 e. The molecule has 0 aliphatic rings. The summed E-state index contributed by atoms with van der Waals surface area (Å²) < 4.78 is 11.0. The monoisotopic (exact) mass is 297 g/mol. The molecule has 0 spiro atoms. The number of halogens is 2. The van der Waals surface area contributed by atoms with Crippen molar-refractivity contribution < 1.29 is 14.3 Å².